The van der Waals surface area contributed by atoms with E-state index in [0.29, 0.717) is 12.3 Å². The Morgan fingerprint density at radius 1 is 1.18 bits per heavy atom. The summed E-state index contributed by atoms with van der Waals surface area (Å²) in [6, 6.07) is 13.3. The van der Waals surface area contributed by atoms with E-state index in [1.54, 1.807) is 0 Å². The van der Waals surface area contributed by atoms with Crippen LogP contribution >= 0.6 is 0 Å². The molecule has 0 spiro atoms. The van der Waals surface area contributed by atoms with Crippen LogP contribution in [0.15, 0.2) is 36.4 Å². The van der Waals surface area contributed by atoms with Crippen LogP contribution in [0.4, 0.5) is 11.5 Å². The van der Waals surface area contributed by atoms with Crippen molar-refractivity contribution in [3.63, 3.8) is 0 Å². The van der Waals surface area contributed by atoms with Crippen LogP contribution in [0.25, 0.3) is 0 Å². The van der Waals surface area contributed by atoms with Gasteiger partial charge in [-0.2, -0.15) is 0 Å². The van der Waals surface area contributed by atoms with Crippen LogP contribution in [-0.4, -0.2) is 73.9 Å². The fourth-order valence-corrected chi connectivity index (χ4v) is 6.16. The van der Waals surface area contributed by atoms with Crippen LogP contribution in [0.3, 0.4) is 0 Å². The highest BCUT2D eigenvalue weighted by Gasteiger charge is 2.28. The number of esters is 1. The van der Waals surface area contributed by atoms with E-state index in [-0.39, 0.29) is 11.9 Å². The molecule has 39 heavy (non-hydrogen) atoms. The molecule has 1 unspecified atom stereocenters. The molecule has 2 saturated heterocycles. The van der Waals surface area contributed by atoms with E-state index in [9.17, 15) is 4.79 Å². The van der Waals surface area contributed by atoms with Crippen molar-refractivity contribution >= 4 is 17.5 Å². The van der Waals surface area contributed by atoms with Gasteiger partial charge < -0.3 is 24.6 Å². The minimum atomic E-state index is -0.476. The van der Waals surface area contributed by atoms with Gasteiger partial charge in [-0.05, 0) is 94.7 Å². The van der Waals surface area contributed by atoms with Crippen molar-refractivity contribution in [3.8, 4) is 0 Å². The summed E-state index contributed by atoms with van der Waals surface area (Å²) in [6.07, 6.45) is 6.11. The lowest BCUT2D eigenvalue weighted by Gasteiger charge is -2.30. The molecule has 2 fully saturated rings. The number of nitrogens with one attached hydrogen (secondary N) is 1. The smallest absolute Gasteiger partial charge is 0.306 e. The number of nitrogens with zero attached hydrogens (tertiary/aromatic N) is 3. The van der Waals surface area contributed by atoms with Gasteiger partial charge >= 0.3 is 5.97 Å². The van der Waals surface area contributed by atoms with Gasteiger partial charge in [0.05, 0.1) is 19.6 Å². The summed E-state index contributed by atoms with van der Waals surface area (Å²) in [7, 11) is 0. The lowest BCUT2D eigenvalue weighted by molar-refractivity contribution is -0.155. The molecule has 0 amide bonds. The molecule has 0 radical (unpaired) electrons. The molecule has 1 aromatic carbocycles. The Morgan fingerprint density at radius 2 is 2.03 bits per heavy atom. The Bertz CT molecular complexity index is 1110. The summed E-state index contributed by atoms with van der Waals surface area (Å²) in [5.74, 6) is 1.74. The summed E-state index contributed by atoms with van der Waals surface area (Å²) in [5.41, 5.74) is 4.52. The molecule has 7 heteroatoms. The van der Waals surface area contributed by atoms with Crippen molar-refractivity contribution in [3.05, 3.63) is 53.2 Å². The average Bonchev–Trinajstić information content (AvgIpc) is 3.38. The van der Waals surface area contributed by atoms with Crippen LogP contribution in [0, 0.1) is 5.92 Å². The van der Waals surface area contributed by atoms with Gasteiger partial charge in [0.1, 0.15) is 11.4 Å². The largest absolute Gasteiger partial charge is 0.460 e. The number of pyridine rings is 1. The number of ether oxygens (including phenoxy) is 2. The molecular formula is C32H46N4O3. The SMILES string of the molecule is CC(C)(C)OC(=O)CC(CN1CC[C@@H](CCc2ccc3c(n2)NCCC3)C1)c1cccc(N2CCOCC2)c1. The summed E-state index contributed by atoms with van der Waals surface area (Å²) < 4.78 is 11.3. The van der Waals surface area contributed by atoms with Crippen molar-refractivity contribution in [1.29, 1.82) is 0 Å². The number of rotatable bonds is 9. The van der Waals surface area contributed by atoms with Crippen LogP contribution in [0.5, 0.6) is 0 Å². The second-order valence-electron chi connectivity index (χ2n) is 12.5. The summed E-state index contributed by atoms with van der Waals surface area (Å²) in [4.78, 5) is 22.8. The number of likely N-dealkylation sites (tertiary alicyclic amines) is 1. The molecule has 0 bridgehead atoms. The third kappa shape index (κ3) is 7.95. The molecule has 0 aliphatic carbocycles. The van der Waals surface area contributed by atoms with Gasteiger partial charge in [-0.1, -0.05) is 18.2 Å². The average molecular weight is 535 g/mol. The molecule has 2 aromatic rings. The minimum absolute atomic E-state index is 0.105. The van der Waals surface area contributed by atoms with Gasteiger partial charge in [0.2, 0.25) is 0 Å². The van der Waals surface area contributed by atoms with E-state index in [1.165, 1.54) is 35.3 Å². The number of benzene rings is 1. The number of morpholine rings is 1. The second kappa shape index (κ2) is 12.7. The zero-order chi connectivity index (χ0) is 27.2. The summed E-state index contributed by atoms with van der Waals surface area (Å²) in [5, 5.41) is 3.46. The predicted molar refractivity (Wildman–Crippen MR) is 157 cm³/mol. The quantitative estimate of drug-likeness (QED) is 0.452. The zero-order valence-electron chi connectivity index (χ0n) is 24.1. The first-order valence-corrected chi connectivity index (χ1v) is 14.9. The van der Waals surface area contributed by atoms with Crippen molar-refractivity contribution in [1.82, 2.24) is 9.88 Å². The lowest BCUT2D eigenvalue weighted by atomic mass is 9.94. The Labute approximate surface area is 234 Å². The van der Waals surface area contributed by atoms with E-state index in [1.807, 2.05) is 20.8 Å². The Balaban J connectivity index is 1.21. The van der Waals surface area contributed by atoms with Gasteiger partial charge in [-0.25, -0.2) is 4.98 Å². The Kier molecular flexibility index (Phi) is 9.08. The highest BCUT2D eigenvalue weighted by Crippen LogP contribution is 2.30. The molecule has 4 heterocycles. The molecule has 7 nitrogen and oxygen atoms in total. The zero-order valence-corrected chi connectivity index (χ0v) is 24.1. The molecule has 1 N–H and O–H groups in total. The molecule has 2 atom stereocenters. The first kappa shape index (κ1) is 27.9. The maximum atomic E-state index is 12.9. The summed E-state index contributed by atoms with van der Waals surface area (Å²) in [6.45, 7) is 13.2. The van der Waals surface area contributed by atoms with Crippen LogP contribution in [0.1, 0.15) is 69.2 Å². The summed E-state index contributed by atoms with van der Waals surface area (Å²) >= 11 is 0. The van der Waals surface area contributed by atoms with Crippen molar-refractivity contribution in [2.45, 2.75) is 70.8 Å². The fourth-order valence-electron chi connectivity index (χ4n) is 6.16. The number of hydrogen-bond donors (Lipinski definition) is 1. The number of carbonyl (C=O) groups is 1. The number of hydrogen-bond acceptors (Lipinski definition) is 7. The lowest BCUT2D eigenvalue weighted by Crippen LogP contribution is -2.36. The Morgan fingerprint density at radius 3 is 2.85 bits per heavy atom. The monoisotopic (exact) mass is 534 g/mol. The van der Waals surface area contributed by atoms with Gasteiger partial charge in [-0.3, -0.25) is 4.79 Å². The third-order valence-corrected chi connectivity index (χ3v) is 8.16. The molecular weight excluding hydrogens is 488 g/mol. The van der Waals surface area contributed by atoms with Gasteiger partial charge in [-0.15, -0.1) is 0 Å². The molecule has 3 aliphatic heterocycles. The number of aromatic nitrogens is 1. The molecule has 1 aromatic heterocycles. The maximum Gasteiger partial charge on any atom is 0.306 e. The highest BCUT2D eigenvalue weighted by atomic mass is 16.6. The van der Waals surface area contributed by atoms with E-state index in [4.69, 9.17) is 14.5 Å². The molecule has 5 rings (SSSR count). The van der Waals surface area contributed by atoms with Crippen LogP contribution in [0.2, 0.25) is 0 Å². The topological polar surface area (TPSA) is 66.9 Å². The second-order valence-corrected chi connectivity index (χ2v) is 12.5. The van der Waals surface area contributed by atoms with Crippen molar-refractivity contribution in [2.75, 3.05) is 62.7 Å². The predicted octanol–water partition coefficient (Wildman–Crippen LogP) is 5.05. The first-order chi connectivity index (χ1) is 18.8. The number of fused-ring (bicyclic) bond motifs is 1. The molecule has 212 valence electrons. The van der Waals surface area contributed by atoms with Gasteiger partial charge in [0, 0.05) is 50.0 Å². The molecule has 0 saturated carbocycles. The van der Waals surface area contributed by atoms with Crippen molar-refractivity contribution < 1.29 is 14.3 Å². The Hall–Kier alpha value is -2.64. The highest BCUT2D eigenvalue weighted by molar-refractivity contribution is 5.71. The van der Waals surface area contributed by atoms with E-state index < -0.39 is 5.60 Å². The van der Waals surface area contributed by atoms with E-state index in [2.05, 4.69) is 51.5 Å². The van der Waals surface area contributed by atoms with Gasteiger partial charge in [0.25, 0.3) is 0 Å². The molecule has 3 aliphatic rings. The standard InChI is InChI=1S/C32H46N4O3/c1-32(2,3)39-30(37)21-27(26-6-4-8-29(20-26)36-16-18-38-19-17-36)23-35-15-13-24(22-35)9-11-28-12-10-25-7-5-14-33-31(25)34-28/h4,6,8,10,12,20,24,27H,5,7,9,11,13-19,21-23H2,1-3H3,(H,33,34)/t24-,27?/m1/s1. The van der Waals surface area contributed by atoms with Crippen LogP contribution < -0.4 is 10.2 Å². The van der Waals surface area contributed by atoms with Crippen molar-refractivity contribution in [2.24, 2.45) is 5.92 Å². The first-order valence-electron chi connectivity index (χ1n) is 14.9. The minimum Gasteiger partial charge on any atom is -0.460 e. The van der Waals surface area contributed by atoms with Gasteiger partial charge in [0.15, 0.2) is 0 Å². The normalized spacial score (nSPS) is 20.8. The van der Waals surface area contributed by atoms with E-state index in [0.717, 1.165) is 77.6 Å². The third-order valence-electron chi connectivity index (χ3n) is 8.16. The van der Waals surface area contributed by atoms with Crippen LogP contribution in [-0.2, 0) is 27.1 Å². The number of anilines is 2. The fraction of sp³-hybridized carbons (Fsp3) is 0.625. The number of aryl methyl sites for hydroxylation is 2. The van der Waals surface area contributed by atoms with E-state index >= 15 is 0 Å². The maximum absolute atomic E-state index is 12.9. The number of carbonyl (C=O) groups excluding carboxylic acids is 1.